The van der Waals surface area contributed by atoms with Crippen molar-refractivity contribution in [2.45, 2.75) is 18.9 Å². The highest BCUT2D eigenvalue weighted by Crippen LogP contribution is 2.34. The van der Waals surface area contributed by atoms with E-state index in [0.29, 0.717) is 18.3 Å². The Labute approximate surface area is 202 Å². The van der Waals surface area contributed by atoms with Crippen LogP contribution in [-0.4, -0.2) is 60.0 Å². The maximum absolute atomic E-state index is 5.54. The van der Waals surface area contributed by atoms with Gasteiger partial charge in [-0.1, -0.05) is 18.2 Å². The summed E-state index contributed by atoms with van der Waals surface area (Å²) in [6.07, 6.45) is 1.81. The summed E-state index contributed by atoms with van der Waals surface area (Å²) in [7, 11) is 6.75. The first-order valence-electron chi connectivity index (χ1n) is 10.2. The van der Waals surface area contributed by atoms with E-state index in [1.165, 1.54) is 5.69 Å². The molecule has 3 rings (SSSR count). The van der Waals surface area contributed by atoms with E-state index in [4.69, 9.17) is 14.2 Å². The summed E-state index contributed by atoms with van der Waals surface area (Å²) in [6.45, 7) is 2.71. The van der Waals surface area contributed by atoms with Crippen molar-refractivity contribution < 1.29 is 14.2 Å². The third kappa shape index (κ3) is 6.56. The number of hydrogen-bond donors (Lipinski definition) is 2. The molecule has 8 heteroatoms. The summed E-state index contributed by atoms with van der Waals surface area (Å²) in [4.78, 5) is 6.79. The molecule has 0 aromatic heterocycles. The molecule has 0 saturated carbocycles. The van der Waals surface area contributed by atoms with Gasteiger partial charge in [0, 0.05) is 56.1 Å². The molecule has 1 saturated heterocycles. The molecule has 1 aliphatic heterocycles. The Balaban J connectivity index is 0.00000341. The van der Waals surface area contributed by atoms with Crippen LogP contribution in [-0.2, 0) is 6.42 Å². The minimum absolute atomic E-state index is 0. The van der Waals surface area contributed by atoms with Gasteiger partial charge >= 0.3 is 0 Å². The van der Waals surface area contributed by atoms with E-state index in [2.05, 4.69) is 44.8 Å². The van der Waals surface area contributed by atoms with Crippen LogP contribution in [0.5, 0.6) is 17.2 Å². The quantitative estimate of drug-likeness (QED) is 0.305. The summed E-state index contributed by atoms with van der Waals surface area (Å²) in [5.41, 5.74) is 2.27. The summed E-state index contributed by atoms with van der Waals surface area (Å²) >= 11 is 0. The number of benzene rings is 2. The van der Waals surface area contributed by atoms with Crippen molar-refractivity contribution in [2.75, 3.05) is 52.9 Å². The number of nitrogens with zero attached hydrogens (tertiary/aromatic N) is 2. The molecule has 1 atom stereocenters. The van der Waals surface area contributed by atoms with Gasteiger partial charge in [0.15, 0.2) is 5.96 Å². The van der Waals surface area contributed by atoms with Crippen molar-refractivity contribution in [3.05, 3.63) is 48.0 Å². The predicted octanol–water partition coefficient (Wildman–Crippen LogP) is 3.32. The fourth-order valence-corrected chi connectivity index (χ4v) is 3.77. The number of para-hydroxylation sites is 1. The second-order valence-corrected chi connectivity index (χ2v) is 7.17. The molecule has 7 nitrogen and oxygen atoms in total. The fourth-order valence-electron chi connectivity index (χ4n) is 3.77. The van der Waals surface area contributed by atoms with E-state index < -0.39 is 0 Å². The molecule has 31 heavy (non-hydrogen) atoms. The lowest BCUT2D eigenvalue weighted by molar-refractivity contribution is 0.368. The third-order valence-electron chi connectivity index (χ3n) is 5.36. The fraction of sp³-hybridized carbons (Fsp3) is 0.435. The molecule has 1 heterocycles. The van der Waals surface area contributed by atoms with Gasteiger partial charge in [0.05, 0.1) is 21.3 Å². The molecule has 170 valence electrons. The van der Waals surface area contributed by atoms with Gasteiger partial charge in [-0.25, -0.2) is 0 Å². The smallest absolute Gasteiger partial charge is 0.191 e. The van der Waals surface area contributed by atoms with Crippen LogP contribution in [0.4, 0.5) is 5.69 Å². The SMILES string of the molecule is CN=C(NCCc1c(OC)cc(OC)cc1OC)NC1CCN(c2ccccc2)C1.I. The van der Waals surface area contributed by atoms with Gasteiger partial charge in [0.2, 0.25) is 0 Å². The first-order valence-corrected chi connectivity index (χ1v) is 10.2. The number of hydrogen-bond acceptors (Lipinski definition) is 5. The van der Waals surface area contributed by atoms with Crippen molar-refractivity contribution in [1.82, 2.24) is 10.6 Å². The van der Waals surface area contributed by atoms with Crippen LogP contribution >= 0.6 is 24.0 Å². The van der Waals surface area contributed by atoms with Crippen LogP contribution < -0.4 is 29.7 Å². The largest absolute Gasteiger partial charge is 0.496 e. The van der Waals surface area contributed by atoms with E-state index >= 15 is 0 Å². The van der Waals surface area contributed by atoms with Crippen molar-refractivity contribution >= 4 is 35.6 Å². The van der Waals surface area contributed by atoms with Gasteiger partial charge < -0.3 is 29.7 Å². The van der Waals surface area contributed by atoms with Crippen LogP contribution in [0.2, 0.25) is 0 Å². The molecular formula is C23H33IN4O3. The van der Waals surface area contributed by atoms with Gasteiger partial charge in [-0.2, -0.15) is 0 Å². The summed E-state index contributed by atoms with van der Waals surface area (Å²) in [5.74, 6) is 3.03. The molecule has 0 aliphatic carbocycles. The normalized spacial score (nSPS) is 15.8. The lowest BCUT2D eigenvalue weighted by atomic mass is 10.1. The number of anilines is 1. The van der Waals surface area contributed by atoms with E-state index in [1.54, 1.807) is 28.4 Å². The maximum atomic E-state index is 5.54. The minimum Gasteiger partial charge on any atom is -0.496 e. The number of ether oxygens (including phenoxy) is 3. The van der Waals surface area contributed by atoms with Crippen molar-refractivity contribution in [1.29, 1.82) is 0 Å². The van der Waals surface area contributed by atoms with Crippen LogP contribution in [0.15, 0.2) is 47.5 Å². The first-order chi connectivity index (χ1) is 14.7. The van der Waals surface area contributed by atoms with Crippen molar-refractivity contribution in [3.63, 3.8) is 0 Å². The zero-order chi connectivity index (χ0) is 21.3. The lowest BCUT2D eigenvalue weighted by Gasteiger charge is -2.20. The van der Waals surface area contributed by atoms with Gasteiger partial charge in [-0.3, -0.25) is 4.99 Å². The van der Waals surface area contributed by atoms with E-state index in [9.17, 15) is 0 Å². The summed E-state index contributed by atoms with van der Waals surface area (Å²) in [6, 6.07) is 14.6. The molecule has 2 aromatic carbocycles. The zero-order valence-corrected chi connectivity index (χ0v) is 21.0. The Hall–Kier alpha value is -2.36. The van der Waals surface area contributed by atoms with Crippen molar-refractivity contribution in [2.24, 2.45) is 4.99 Å². The Morgan fingerprint density at radius 3 is 2.32 bits per heavy atom. The van der Waals surface area contributed by atoms with Gasteiger partial charge in [-0.15, -0.1) is 24.0 Å². The number of guanidine groups is 1. The number of nitrogens with one attached hydrogen (secondary N) is 2. The Morgan fingerprint density at radius 1 is 1.06 bits per heavy atom. The van der Waals surface area contributed by atoms with Crippen LogP contribution in [0.25, 0.3) is 0 Å². The average Bonchev–Trinajstić information content (AvgIpc) is 3.27. The molecule has 0 spiro atoms. The Bertz CT molecular complexity index is 823. The molecule has 2 N–H and O–H groups in total. The second-order valence-electron chi connectivity index (χ2n) is 7.17. The van der Waals surface area contributed by atoms with Crippen LogP contribution in [0.1, 0.15) is 12.0 Å². The van der Waals surface area contributed by atoms with Gasteiger partial charge in [0.1, 0.15) is 17.2 Å². The molecule has 0 bridgehead atoms. The van der Waals surface area contributed by atoms with Crippen LogP contribution in [0.3, 0.4) is 0 Å². The second kappa shape index (κ2) is 12.5. The van der Waals surface area contributed by atoms with E-state index in [0.717, 1.165) is 49.0 Å². The summed E-state index contributed by atoms with van der Waals surface area (Å²) in [5, 5.41) is 6.95. The Morgan fingerprint density at radius 2 is 1.74 bits per heavy atom. The predicted molar refractivity (Wildman–Crippen MR) is 137 cm³/mol. The number of halogens is 1. The highest BCUT2D eigenvalue weighted by atomic mass is 127. The van der Waals surface area contributed by atoms with E-state index in [-0.39, 0.29) is 24.0 Å². The summed E-state index contributed by atoms with van der Waals surface area (Å²) < 4.78 is 16.4. The molecule has 0 amide bonds. The van der Waals surface area contributed by atoms with Crippen molar-refractivity contribution in [3.8, 4) is 17.2 Å². The molecule has 0 radical (unpaired) electrons. The molecule has 1 unspecified atom stereocenters. The standard InChI is InChI=1S/C23H32N4O3.HI/c1-24-23(26-17-11-13-27(16-17)18-8-6-5-7-9-18)25-12-10-20-21(29-3)14-19(28-2)15-22(20)30-4;/h5-9,14-15,17H,10-13,16H2,1-4H3,(H2,24,25,26);1H. The molecular weight excluding hydrogens is 507 g/mol. The highest BCUT2D eigenvalue weighted by Gasteiger charge is 2.23. The van der Waals surface area contributed by atoms with Gasteiger partial charge in [0.25, 0.3) is 0 Å². The molecule has 1 aliphatic rings. The average molecular weight is 540 g/mol. The number of aliphatic imine (C=N–C) groups is 1. The number of rotatable bonds is 8. The highest BCUT2D eigenvalue weighted by molar-refractivity contribution is 14.0. The first kappa shape index (κ1) is 24.9. The zero-order valence-electron chi connectivity index (χ0n) is 18.7. The molecule has 2 aromatic rings. The van der Waals surface area contributed by atoms with Crippen LogP contribution in [0, 0.1) is 0 Å². The monoisotopic (exact) mass is 540 g/mol. The molecule has 1 fully saturated rings. The maximum Gasteiger partial charge on any atom is 0.191 e. The third-order valence-corrected chi connectivity index (χ3v) is 5.36. The lowest BCUT2D eigenvalue weighted by Crippen LogP contribution is -2.45. The minimum atomic E-state index is 0. The number of methoxy groups -OCH3 is 3. The Kier molecular flexibility index (Phi) is 10.0. The topological polar surface area (TPSA) is 67.4 Å². The van der Waals surface area contributed by atoms with E-state index in [1.807, 2.05) is 18.2 Å². The van der Waals surface area contributed by atoms with Gasteiger partial charge in [-0.05, 0) is 25.0 Å².